The normalized spacial score (nSPS) is 14.8. The summed E-state index contributed by atoms with van der Waals surface area (Å²) < 4.78 is 12.2. The van der Waals surface area contributed by atoms with Gasteiger partial charge in [-0.3, -0.25) is 5.84 Å². The Morgan fingerprint density at radius 3 is 2.15 bits per heavy atom. The Morgan fingerprint density at radius 2 is 1.55 bits per heavy atom. The van der Waals surface area contributed by atoms with E-state index in [0.29, 0.717) is 45.9 Å². The second-order valence-electron chi connectivity index (χ2n) is 8.50. The highest BCUT2D eigenvalue weighted by Gasteiger charge is 2.54. The monoisotopic (exact) mass is 446 g/mol. The van der Waals surface area contributed by atoms with Crippen molar-refractivity contribution < 1.29 is 24.5 Å². The average Bonchev–Trinajstić information content (AvgIpc) is 3.09. The van der Waals surface area contributed by atoms with Crippen molar-refractivity contribution in [1.82, 2.24) is 0 Å². The van der Waals surface area contributed by atoms with Crippen LogP contribution in [0.5, 0.6) is 23.0 Å². The Hall–Kier alpha value is -3.71. The van der Waals surface area contributed by atoms with E-state index < -0.39 is 11.6 Å². The Morgan fingerprint density at radius 1 is 0.909 bits per heavy atom. The van der Waals surface area contributed by atoms with Crippen LogP contribution >= 0.6 is 0 Å². The van der Waals surface area contributed by atoms with E-state index in [1.807, 2.05) is 12.1 Å². The minimum atomic E-state index is -1.26. The molecule has 0 aliphatic carbocycles. The van der Waals surface area contributed by atoms with E-state index in [1.165, 1.54) is 12.1 Å². The molecule has 5 N–H and O–H groups in total. The number of fused-ring (bicyclic) bond motifs is 6. The van der Waals surface area contributed by atoms with Crippen LogP contribution in [0.1, 0.15) is 65.2 Å². The third kappa shape index (κ3) is 3.19. The van der Waals surface area contributed by atoms with Gasteiger partial charge >= 0.3 is 5.97 Å². The predicted octanol–water partition coefficient (Wildman–Crippen LogP) is 5.07. The minimum Gasteiger partial charge on any atom is -0.508 e. The predicted molar refractivity (Wildman–Crippen MR) is 124 cm³/mol. The molecule has 3 aromatic carbocycles. The van der Waals surface area contributed by atoms with Crippen LogP contribution in [0.25, 0.3) is 0 Å². The fraction of sp³-hybridized carbons (Fsp3) is 0.269. The standard InChI is InChI=1S/C26H26N2O5/c1-2-3-4-5-6-17-21(28-27)12-11-20-24(17)25(31)33-26(20)18-9-7-15(29)13-22(18)32-23-14-16(30)8-10-19(23)26/h7-14,28-30H,2-6,27H2,1H3. The van der Waals surface area contributed by atoms with E-state index in [-0.39, 0.29) is 11.5 Å². The smallest absolute Gasteiger partial charge is 0.340 e. The van der Waals surface area contributed by atoms with Crippen LogP contribution in [0.2, 0.25) is 0 Å². The van der Waals surface area contributed by atoms with E-state index >= 15 is 0 Å². The molecule has 0 bridgehead atoms. The number of benzene rings is 3. The number of ether oxygens (including phenoxy) is 2. The van der Waals surface area contributed by atoms with Gasteiger partial charge in [-0.1, -0.05) is 32.3 Å². The largest absolute Gasteiger partial charge is 0.508 e. The molecular formula is C26H26N2O5. The Kier molecular flexibility index (Phi) is 5.13. The first-order valence-corrected chi connectivity index (χ1v) is 11.2. The number of nitrogens with two attached hydrogens (primary N) is 1. The van der Waals surface area contributed by atoms with Crippen LogP contribution in [0.3, 0.4) is 0 Å². The number of hydrazine groups is 1. The first kappa shape index (κ1) is 21.2. The van der Waals surface area contributed by atoms with Gasteiger partial charge in [0.1, 0.15) is 23.0 Å². The maximum absolute atomic E-state index is 13.4. The van der Waals surface area contributed by atoms with Gasteiger partial charge in [-0.2, -0.15) is 0 Å². The van der Waals surface area contributed by atoms with Crippen molar-refractivity contribution >= 4 is 11.7 Å². The molecule has 7 nitrogen and oxygen atoms in total. The van der Waals surface area contributed by atoms with Crippen LogP contribution in [0, 0.1) is 0 Å². The Balaban J connectivity index is 1.75. The van der Waals surface area contributed by atoms with Crippen molar-refractivity contribution in [2.45, 2.75) is 44.6 Å². The second-order valence-corrected chi connectivity index (χ2v) is 8.50. The van der Waals surface area contributed by atoms with Gasteiger partial charge in [0, 0.05) is 28.8 Å². The van der Waals surface area contributed by atoms with Crippen LogP contribution < -0.4 is 16.0 Å². The van der Waals surface area contributed by atoms with Crippen molar-refractivity contribution in [2.24, 2.45) is 5.84 Å². The van der Waals surface area contributed by atoms with Crippen molar-refractivity contribution in [3.05, 3.63) is 76.3 Å². The summed E-state index contributed by atoms with van der Waals surface area (Å²) in [6.07, 6.45) is 4.92. The van der Waals surface area contributed by atoms with Crippen LogP contribution in [0.4, 0.5) is 5.69 Å². The van der Waals surface area contributed by atoms with Crippen molar-refractivity contribution in [2.75, 3.05) is 5.43 Å². The number of rotatable bonds is 6. The molecule has 2 aliphatic heterocycles. The Bertz CT molecular complexity index is 1200. The molecule has 0 saturated carbocycles. The molecule has 2 aliphatic rings. The number of nitrogens with one attached hydrogen (secondary N) is 1. The van der Waals surface area contributed by atoms with Gasteiger partial charge in [0.2, 0.25) is 0 Å². The average molecular weight is 447 g/mol. The molecule has 170 valence electrons. The number of hydrogen-bond acceptors (Lipinski definition) is 7. The number of hydrogen-bond donors (Lipinski definition) is 4. The van der Waals surface area contributed by atoms with E-state index in [1.54, 1.807) is 24.3 Å². The SMILES string of the molecule is CCCCCCc1c(NN)ccc2c1C(=O)OC21c2ccc(O)cc2Oc2cc(O)ccc21. The number of unbranched alkanes of at least 4 members (excludes halogenated alkanes) is 3. The zero-order chi connectivity index (χ0) is 23.2. The lowest BCUT2D eigenvalue weighted by Gasteiger charge is -2.36. The topological polar surface area (TPSA) is 114 Å². The molecule has 0 radical (unpaired) electrons. The van der Waals surface area contributed by atoms with Gasteiger partial charge in [0.15, 0.2) is 5.60 Å². The third-order valence-corrected chi connectivity index (χ3v) is 6.49. The number of phenols is 2. The molecule has 0 amide bonds. The lowest BCUT2D eigenvalue weighted by atomic mass is 9.76. The molecule has 1 spiro atoms. The number of carbonyl (C=O) groups is 1. The summed E-state index contributed by atoms with van der Waals surface area (Å²) in [5.41, 5.74) is 5.41. The van der Waals surface area contributed by atoms with E-state index in [9.17, 15) is 15.0 Å². The lowest BCUT2D eigenvalue weighted by molar-refractivity contribution is 0.0223. The molecule has 0 atom stereocenters. The summed E-state index contributed by atoms with van der Waals surface area (Å²) in [5.74, 6) is 6.13. The van der Waals surface area contributed by atoms with E-state index in [0.717, 1.165) is 31.2 Å². The van der Waals surface area contributed by atoms with Crippen molar-refractivity contribution in [3.8, 4) is 23.0 Å². The first-order valence-electron chi connectivity index (χ1n) is 11.2. The lowest BCUT2D eigenvalue weighted by Crippen LogP contribution is -2.33. The highest BCUT2D eigenvalue weighted by atomic mass is 16.6. The number of aromatic hydroxyl groups is 2. The first-order chi connectivity index (χ1) is 16.0. The molecule has 0 saturated heterocycles. The van der Waals surface area contributed by atoms with E-state index in [4.69, 9.17) is 15.3 Å². The van der Waals surface area contributed by atoms with Gasteiger partial charge in [-0.25, -0.2) is 4.79 Å². The molecule has 33 heavy (non-hydrogen) atoms. The molecule has 5 rings (SSSR count). The zero-order valence-electron chi connectivity index (χ0n) is 18.4. The summed E-state index contributed by atoms with van der Waals surface area (Å²) in [7, 11) is 0. The maximum atomic E-state index is 13.4. The quantitative estimate of drug-likeness (QED) is 0.181. The molecule has 0 unspecified atom stereocenters. The fourth-order valence-corrected chi connectivity index (χ4v) is 4.98. The molecule has 7 heteroatoms. The van der Waals surface area contributed by atoms with Crippen molar-refractivity contribution in [1.29, 1.82) is 0 Å². The van der Waals surface area contributed by atoms with Crippen LogP contribution in [-0.2, 0) is 16.8 Å². The van der Waals surface area contributed by atoms with Gasteiger partial charge in [0.05, 0.1) is 11.3 Å². The van der Waals surface area contributed by atoms with Gasteiger partial charge in [-0.15, -0.1) is 0 Å². The third-order valence-electron chi connectivity index (χ3n) is 6.49. The van der Waals surface area contributed by atoms with Gasteiger partial charge < -0.3 is 25.1 Å². The summed E-state index contributed by atoms with van der Waals surface area (Å²) in [6, 6.07) is 13.2. The summed E-state index contributed by atoms with van der Waals surface area (Å²) in [6.45, 7) is 2.16. The summed E-state index contributed by atoms with van der Waals surface area (Å²) in [4.78, 5) is 13.4. The fourth-order valence-electron chi connectivity index (χ4n) is 4.98. The second kappa shape index (κ2) is 8.01. The number of esters is 1. The Labute approximate surface area is 191 Å². The number of phenolic OH excluding ortho intramolecular Hbond substituents is 2. The maximum Gasteiger partial charge on any atom is 0.340 e. The molecule has 2 heterocycles. The molecule has 0 fully saturated rings. The summed E-state index contributed by atoms with van der Waals surface area (Å²) in [5, 5.41) is 20.1. The van der Waals surface area contributed by atoms with Crippen LogP contribution in [0.15, 0.2) is 48.5 Å². The number of nitrogen functional groups attached to an aromatic ring is 1. The molecule has 0 aromatic heterocycles. The van der Waals surface area contributed by atoms with Crippen LogP contribution in [-0.4, -0.2) is 16.2 Å². The highest BCUT2D eigenvalue weighted by molar-refractivity contribution is 6.00. The zero-order valence-corrected chi connectivity index (χ0v) is 18.4. The molecule has 3 aromatic rings. The van der Waals surface area contributed by atoms with Gasteiger partial charge in [0.25, 0.3) is 0 Å². The van der Waals surface area contributed by atoms with Crippen molar-refractivity contribution in [3.63, 3.8) is 0 Å². The molecular weight excluding hydrogens is 420 g/mol. The number of carbonyl (C=O) groups excluding carboxylic acids is 1. The minimum absolute atomic E-state index is 0.0244. The number of anilines is 1. The van der Waals surface area contributed by atoms with E-state index in [2.05, 4.69) is 12.3 Å². The van der Waals surface area contributed by atoms with Gasteiger partial charge in [-0.05, 0) is 48.7 Å². The highest BCUT2D eigenvalue weighted by Crippen LogP contribution is 2.57. The summed E-state index contributed by atoms with van der Waals surface area (Å²) >= 11 is 0.